The van der Waals surface area contributed by atoms with Crippen molar-refractivity contribution in [2.45, 2.75) is 13.5 Å². The van der Waals surface area contributed by atoms with Crippen LogP contribution in [0.1, 0.15) is 6.92 Å². The number of hydrogen-bond acceptors (Lipinski definition) is 2. The van der Waals surface area contributed by atoms with Gasteiger partial charge >= 0.3 is 0 Å². The minimum atomic E-state index is -0.247. The van der Waals surface area contributed by atoms with Gasteiger partial charge in [0.15, 0.2) is 5.82 Å². The molecule has 0 atom stereocenters. The molecule has 0 unspecified atom stereocenters. The molecule has 0 spiro atoms. The minimum absolute atomic E-state index is 0.247. The highest BCUT2D eigenvalue weighted by Crippen LogP contribution is 2.14. The van der Waals surface area contributed by atoms with Crippen molar-refractivity contribution in [3.8, 4) is 11.4 Å². The van der Waals surface area contributed by atoms with Gasteiger partial charge in [0.2, 0.25) is 0 Å². The van der Waals surface area contributed by atoms with Crippen LogP contribution in [-0.4, -0.2) is 14.8 Å². The van der Waals surface area contributed by atoms with E-state index in [1.165, 1.54) is 12.1 Å². The average Bonchev–Trinajstić information content (AvgIpc) is 2.67. The maximum Gasteiger partial charge on any atom is 0.181 e. The summed E-state index contributed by atoms with van der Waals surface area (Å²) in [5.41, 5.74) is 0.832. The quantitative estimate of drug-likeness (QED) is 0.727. The standard InChI is InChI=1S/C10H10FN3/c1-2-14-7-12-10(13-14)8-3-5-9(11)6-4-8/h3-7H,2H2,1H3. The van der Waals surface area contributed by atoms with Crippen molar-refractivity contribution in [2.24, 2.45) is 0 Å². The number of aryl methyl sites for hydroxylation is 1. The normalized spacial score (nSPS) is 10.4. The lowest BCUT2D eigenvalue weighted by Gasteiger charge is -1.94. The zero-order valence-electron chi connectivity index (χ0n) is 7.81. The van der Waals surface area contributed by atoms with Crippen LogP contribution in [0.5, 0.6) is 0 Å². The topological polar surface area (TPSA) is 30.7 Å². The van der Waals surface area contributed by atoms with Crippen molar-refractivity contribution in [3.05, 3.63) is 36.4 Å². The molecule has 0 amide bonds. The zero-order chi connectivity index (χ0) is 9.97. The molecule has 14 heavy (non-hydrogen) atoms. The van der Waals surface area contributed by atoms with Crippen molar-refractivity contribution in [3.63, 3.8) is 0 Å². The maximum absolute atomic E-state index is 12.6. The second kappa shape index (κ2) is 3.57. The fourth-order valence-corrected chi connectivity index (χ4v) is 1.18. The van der Waals surface area contributed by atoms with Gasteiger partial charge in [-0.15, -0.1) is 0 Å². The summed E-state index contributed by atoms with van der Waals surface area (Å²) in [4.78, 5) is 4.12. The molecule has 3 nitrogen and oxygen atoms in total. The fraction of sp³-hybridized carbons (Fsp3) is 0.200. The van der Waals surface area contributed by atoms with Crippen LogP contribution in [0.25, 0.3) is 11.4 Å². The van der Waals surface area contributed by atoms with Crippen LogP contribution in [-0.2, 0) is 6.54 Å². The van der Waals surface area contributed by atoms with E-state index in [-0.39, 0.29) is 5.82 Å². The molecular weight excluding hydrogens is 181 g/mol. The van der Waals surface area contributed by atoms with Crippen molar-refractivity contribution < 1.29 is 4.39 Å². The molecule has 0 saturated carbocycles. The van der Waals surface area contributed by atoms with Crippen LogP contribution >= 0.6 is 0 Å². The van der Waals surface area contributed by atoms with Gasteiger partial charge in [-0.3, -0.25) is 4.68 Å². The second-order valence-corrected chi connectivity index (χ2v) is 2.93. The van der Waals surface area contributed by atoms with E-state index in [1.54, 1.807) is 23.1 Å². The monoisotopic (exact) mass is 191 g/mol. The summed E-state index contributed by atoms with van der Waals surface area (Å²) >= 11 is 0. The van der Waals surface area contributed by atoms with E-state index in [4.69, 9.17) is 0 Å². The lowest BCUT2D eigenvalue weighted by atomic mass is 10.2. The van der Waals surface area contributed by atoms with Gasteiger partial charge in [-0.25, -0.2) is 9.37 Å². The van der Waals surface area contributed by atoms with Gasteiger partial charge in [0.05, 0.1) is 0 Å². The first-order valence-electron chi connectivity index (χ1n) is 4.45. The summed E-state index contributed by atoms with van der Waals surface area (Å²) in [6.45, 7) is 2.78. The van der Waals surface area contributed by atoms with E-state index in [9.17, 15) is 4.39 Å². The van der Waals surface area contributed by atoms with Crippen LogP contribution < -0.4 is 0 Å². The Morgan fingerprint density at radius 3 is 2.57 bits per heavy atom. The van der Waals surface area contributed by atoms with Gasteiger partial charge in [-0.1, -0.05) is 0 Å². The molecule has 0 bridgehead atoms. The number of aromatic nitrogens is 3. The highest BCUT2D eigenvalue weighted by molar-refractivity contribution is 5.53. The predicted octanol–water partition coefficient (Wildman–Crippen LogP) is 2.10. The summed E-state index contributed by atoms with van der Waals surface area (Å²) < 4.78 is 14.4. The Kier molecular flexibility index (Phi) is 2.26. The molecule has 0 N–H and O–H groups in total. The van der Waals surface area contributed by atoms with Crippen molar-refractivity contribution in [1.29, 1.82) is 0 Å². The lowest BCUT2D eigenvalue weighted by molar-refractivity contribution is 0.628. The first kappa shape index (κ1) is 8.87. The van der Waals surface area contributed by atoms with Gasteiger partial charge in [0.1, 0.15) is 12.1 Å². The molecule has 0 aliphatic rings. The Hall–Kier alpha value is -1.71. The Labute approximate surface area is 81.2 Å². The van der Waals surface area contributed by atoms with Crippen molar-refractivity contribution in [1.82, 2.24) is 14.8 Å². The first-order valence-corrected chi connectivity index (χ1v) is 4.45. The molecular formula is C10H10FN3. The van der Waals surface area contributed by atoms with E-state index in [2.05, 4.69) is 10.1 Å². The number of hydrogen-bond donors (Lipinski definition) is 0. The molecule has 1 heterocycles. The Balaban J connectivity index is 2.34. The van der Waals surface area contributed by atoms with E-state index < -0.39 is 0 Å². The number of halogens is 1. The maximum atomic E-state index is 12.6. The summed E-state index contributed by atoms with van der Waals surface area (Å²) in [6, 6.07) is 6.15. The zero-order valence-corrected chi connectivity index (χ0v) is 7.81. The highest BCUT2D eigenvalue weighted by Gasteiger charge is 2.02. The number of benzene rings is 1. The van der Waals surface area contributed by atoms with Crippen LogP contribution in [0.4, 0.5) is 4.39 Å². The molecule has 2 aromatic rings. The summed E-state index contributed by atoms with van der Waals surface area (Å²) in [6.07, 6.45) is 1.67. The third-order valence-electron chi connectivity index (χ3n) is 1.96. The molecule has 1 aromatic heterocycles. The SMILES string of the molecule is CCn1cnc(-c2ccc(F)cc2)n1. The third kappa shape index (κ3) is 1.64. The van der Waals surface area contributed by atoms with Gasteiger partial charge in [-0.2, -0.15) is 5.10 Å². The average molecular weight is 191 g/mol. The largest absolute Gasteiger partial charge is 0.253 e. The predicted molar refractivity (Wildman–Crippen MR) is 51.1 cm³/mol. The van der Waals surface area contributed by atoms with Gasteiger partial charge < -0.3 is 0 Å². The molecule has 0 saturated heterocycles. The third-order valence-corrected chi connectivity index (χ3v) is 1.96. The summed E-state index contributed by atoms with van der Waals surface area (Å²) in [5, 5.41) is 4.21. The van der Waals surface area contributed by atoms with Gasteiger partial charge in [0.25, 0.3) is 0 Å². The van der Waals surface area contributed by atoms with Crippen LogP contribution in [0.2, 0.25) is 0 Å². The Morgan fingerprint density at radius 2 is 2.00 bits per heavy atom. The Bertz CT molecular complexity index is 419. The number of nitrogens with zero attached hydrogens (tertiary/aromatic N) is 3. The van der Waals surface area contributed by atoms with Gasteiger partial charge in [0, 0.05) is 12.1 Å². The summed E-state index contributed by atoms with van der Waals surface area (Å²) in [7, 11) is 0. The summed E-state index contributed by atoms with van der Waals surface area (Å²) in [5.74, 6) is 0.385. The molecule has 2 rings (SSSR count). The van der Waals surface area contributed by atoms with Gasteiger partial charge in [-0.05, 0) is 31.2 Å². The smallest absolute Gasteiger partial charge is 0.181 e. The molecule has 0 radical (unpaired) electrons. The fourth-order valence-electron chi connectivity index (χ4n) is 1.18. The van der Waals surface area contributed by atoms with E-state index in [0.29, 0.717) is 5.82 Å². The molecule has 72 valence electrons. The van der Waals surface area contributed by atoms with Crippen LogP contribution in [0.3, 0.4) is 0 Å². The van der Waals surface area contributed by atoms with Crippen LogP contribution in [0.15, 0.2) is 30.6 Å². The molecule has 1 aromatic carbocycles. The molecule has 0 aliphatic carbocycles. The molecule has 0 fully saturated rings. The van der Waals surface area contributed by atoms with E-state index in [1.807, 2.05) is 6.92 Å². The molecule has 4 heteroatoms. The van der Waals surface area contributed by atoms with E-state index in [0.717, 1.165) is 12.1 Å². The first-order chi connectivity index (χ1) is 6.79. The molecule has 0 aliphatic heterocycles. The van der Waals surface area contributed by atoms with E-state index >= 15 is 0 Å². The van der Waals surface area contributed by atoms with Crippen molar-refractivity contribution >= 4 is 0 Å². The lowest BCUT2D eigenvalue weighted by Crippen LogP contribution is -1.93. The minimum Gasteiger partial charge on any atom is -0.253 e. The Morgan fingerprint density at radius 1 is 1.29 bits per heavy atom. The van der Waals surface area contributed by atoms with Crippen molar-refractivity contribution in [2.75, 3.05) is 0 Å². The van der Waals surface area contributed by atoms with Crippen LogP contribution in [0, 0.1) is 5.82 Å². The number of rotatable bonds is 2. The highest BCUT2D eigenvalue weighted by atomic mass is 19.1. The second-order valence-electron chi connectivity index (χ2n) is 2.93.